The molecule has 1 heterocycles. The van der Waals surface area contributed by atoms with Crippen molar-refractivity contribution in [2.45, 2.75) is 19.5 Å². The van der Waals surface area contributed by atoms with Crippen LogP contribution in [0, 0.1) is 5.82 Å². The fraction of sp³-hybridized carbons (Fsp3) is 0.316. The van der Waals surface area contributed by atoms with Crippen LogP contribution in [0.3, 0.4) is 0 Å². The Labute approximate surface area is 141 Å². The summed E-state index contributed by atoms with van der Waals surface area (Å²) in [4.78, 5) is 16.7. The van der Waals surface area contributed by atoms with Gasteiger partial charge >= 0.3 is 0 Å². The van der Waals surface area contributed by atoms with Gasteiger partial charge in [0, 0.05) is 31.4 Å². The molecule has 4 nitrogen and oxygen atoms in total. The minimum absolute atomic E-state index is 0.0663. The average molecular weight is 328 g/mol. The molecule has 2 aromatic rings. The van der Waals surface area contributed by atoms with Crippen LogP contribution >= 0.6 is 0 Å². The van der Waals surface area contributed by atoms with Crippen LogP contribution in [0.4, 0.5) is 10.1 Å². The molecule has 2 aromatic carbocycles. The van der Waals surface area contributed by atoms with Crippen LogP contribution in [0.1, 0.15) is 12.5 Å². The van der Waals surface area contributed by atoms with Crippen molar-refractivity contribution in [3.05, 3.63) is 59.9 Å². The highest BCUT2D eigenvalue weighted by molar-refractivity contribution is 5.97. The lowest BCUT2D eigenvalue weighted by Crippen LogP contribution is -2.55. The van der Waals surface area contributed by atoms with Gasteiger partial charge in [-0.25, -0.2) is 4.39 Å². The number of benzene rings is 2. The Bertz CT molecular complexity index is 718. The molecule has 1 saturated heterocycles. The highest BCUT2D eigenvalue weighted by Crippen LogP contribution is 2.25. The second-order valence-corrected chi connectivity index (χ2v) is 5.96. The molecule has 1 aliphatic heterocycles. The van der Waals surface area contributed by atoms with E-state index >= 15 is 0 Å². The summed E-state index contributed by atoms with van der Waals surface area (Å²) in [6, 6.07) is 13.8. The number of carbonyl (C=O) groups is 1. The molecule has 0 N–H and O–H groups in total. The minimum atomic E-state index is -0.245. The Morgan fingerprint density at radius 2 is 1.92 bits per heavy atom. The zero-order chi connectivity index (χ0) is 17.1. The molecule has 0 radical (unpaired) electrons. The molecule has 24 heavy (non-hydrogen) atoms. The first-order valence-corrected chi connectivity index (χ1v) is 8.02. The highest BCUT2D eigenvalue weighted by atomic mass is 19.1. The molecule has 0 bridgehead atoms. The van der Waals surface area contributed by atoms with E-state index < -0.39 is 0 Å². The highest BCUT2D eigenvalue weighted by Gasteiger charge is 2.32. The topological polar surface area (TPSA) is 32.8 Å². The van der Waals surface area contributed by atoms with Crippen LogP contribution in [0.25, 0.3) is 0 Å². The third kappa shape index (κ3) is 3.41. The van der Waals surface area contributed by atoms with E-state index in [1.165, 1.54) is 12.1 Å². The van der Waals surface area contributed by atoms with Crippen molar-refractivity contribution in [3.8, 4) is 5.75 Å². The molecule has 1 fully saturated rings. The number of halogens is 1. The Balaban J connectivity index is 1.72. The fourth-order valence-electron chi connectivity index (χ4n) is 2.99. The standard InChI is InChI=1S/C19H21FN2O2/c1-14-19(23)22(17-4-3-5-18(12-17)24-2)11-10-21(14)13-15-6-8-16(20)9-7-15/h3-9,12,14H,10-11,13H2,1-2H3. The zero-order valence-corrected chi connectivity index (χ0v) is 13.9. The number of ether oxygens (including phenoxy) is 1. The maximum atomic E-state index is 13.0. The van der Waals surface area contributed by atoms with E-state index in [0.29, 0.717) is 13.1 Å². The molecule has 0 aliphatic carbocycles. The van der Waals surface area contributed by atoms with Gasteiger partial charge in [-0.1, -0.05) is 18.2 Å². The predicted octanol–water partition coefficient (Wildman–Crippen LogP) is 3.07. The van der Waals surface area contributed by atoms with Crippen molar-refractivity contribution >= 4 is 11.6 Å². The SMILES string of the molecule is COc1cccc(N2CCN(Cc3ccc(F)cc3)C(C)C2=O)c1. The number of rotatable bonds is 4. The van der Waals surface area contributed by atoms with E-state index in [9.17, 15) is 9.18 Å². The van der Waals surface area contributed by atoms with Gasteiger partial charge in [-0.2, -0.15) is 0 Å². The number of nitrogens with zero attached hydrogens (tertiary/aromatic N) is 2. The van der Waals surface area contributed by atoms with Gasteiger partial charge in [0.1, 0.15) is 11.6 Å². The van der Waals surface area contributed by atoms with Crippen LogP contribution in [0.15, 0.2) is 48.5 Å². The maximum absolute atomic E-state index is 13.0. The van der Waals surface area contributed by atoms with E-state index in [1.54, 1.807) is 24.1 Å². The van der Waals surface area contributed by atoms with Crippen LogP contribution in [0.5, 0.6) is 5.75 Å². The van der Waals surface area contributed by atoms with E-state index in [2.05, 4.69) is 4.90 Å². The molecule has 1 aliphatic rings. The second kappa shape index (κ2) is 7.01. The largest absolute Gasteiger partial charge is 0.497 e. The summed E-state index contributed by atoms with van der Waals surface area (Å²) < 4.78 is 18.3. The normalized spacial score (nSPS) is 18.7. The number of anilines is 1. The maximum Gasteiger partial charge on any atom is 0.244 e. The van der Waals surface area contributed by atoms with Crippen LogP contribution in [-0.2, 0) is 11.3 Å². The van der Waals surface area contributed by atoms with Crippen LogP contribution < -0.4 is 9.64 Å². The lowest BCUT2D eigenvalue weighted by Gasteiger charge is -2.39. The quantitative estimate of drug-likeness (QED) is 0.865. The second-order valence-electron chi connectivity index (χ2n) is 5.96. The van der Waals surface area contributed by atoms with Crippen molar-refractivity contribution < 1.29 is 13.9 Å². The smallest absolute Gasteiger partial charge is 0.244 e. The summed E-state index contributed by atoms with van der Waals surface area (Å²) in [5.41, 5.74) is 1.86. The van der Waals surface area contributed by atoms with Crippen molar-refractivity contribution in [2.24, 2.45) is 0 Å². The minimum Gasteiger partial charge on any atom is -0.497 e. The molecule has 3 rings (SSSR count). The third-order valence-corrected chi connectivity index (χ3v) is 4.45. The van der Waals surface area contributed by atoms with Gasteiger partial charge in [0.2, 0.25) is 5.91 Å². The van der Waals surface area contributed by atoms with E-state index in [4.69, 9.17) is 4.74 Å². The molecular weight excluding hydrogens is 307 g/mol. The fourth-order valence-corrected chi connectivity index (χ4v) is 2.99. The summed E-state index contributed by atoms with van der Waals surface area (Å²) in [7, 11) is 1.62. The zero-order valence-electron chi connectivity index (χ0n) is 13.9. The number of piperazine rings is 1. The van der Waals surface area contributed by atoms with Crippen LogP contribution in [-0.4, -0.2) is 37.0 Å². The molecular formula is C19H21FN2O2. The number of amides is 1. The van der Waals surface area contributed by atoms with Gasteiger partial charge in [-0.15, -0.1) is 0 Å². The van der Waals surface area contributed by atoms with Gasteiger partial charge in [0.05, 0.1) is 13.2 Å². The first kappa shape index (κ1) is 16.5. The molecule has 1 unspecified atom stereocenters. The molecule has 5 heteroatoms. The number of methoxy groups -OCH3 is 1. The van der Waals surface area contributed by atoms with Gasteiger partial charge in [-0.3, -0.25) is 9.69 Å². The van der Waals surface area contributed by atoms with Gasteiger partial charge < -0.3 is 9.64 Å². The summed E-state index contributed by atoms with van der Waals surface area (Å²) in [5.74, 6) is 0.559. The average Bonchev–Trinajstić information content (AvgIpc) is 2.61. The van der Waals surface area contributed by atoms with E-state index in [1.807, 2.05) is 31.2 Å². The van der Waals surface area contributed by atoms with E-state index in [0.717, 1.165) is 23.5 Å². The lowest BCUT2D eigenvalue weighted by atomic mass is 10.1. The van der Waals surface area contributed by atoms with Gasteiger partial charge in [-0.05, 0) is 36.8 Å². The van der Waals surface area contributed by atoms with Crippen molar-refractivity contribution in [2.75, 3.05) is 25.1 Å². The Morgan fingerprint density at radius 3 is 2.62 bits per heavy atom. The number of carbonyl (C=O) groups excluding carboxylic acids is 1. The molecule has 1 amide bonds. The third-order valence-electron chi connectivity index (χ3n) is 4.45. The first-order valence-electron chi connectivity index (χ1n) is 8.02. The molecule has 126 valence electrons. The summed E-state index contributed by atoms with van der Waals surface area (Å²) in [6.07, 6.45) is 0. The Kier molecular flexibility index (Phi) is 4.81. The molecule has 0 aromatic heterocycles. The monoisotopic (exact) mass is 328 g/mol. The van der Waals surface area contributed by atoms with Crippen molar-refractivity contribution in [1.29, 1.82) is 0 Å². The van der Waals surface area contributed by atoms with Crippen molar-refractivity contribution in [1.82, 2.24) is 4.90 Å². The van der Waals surface area contributed by atoms with Gasteiger partial charge in [0.25, 0.3) is 0 Å². The van der Waals surface area contributed by atoms with Crippen molar-refractivity contribution in [3.63, 3.8) is 0 Å². The summed E-state index contributed by atoms with van der Waals surface area (Å²) >= 11 is 0. The molecule has 0 saturated carbocycles. The predicted molar refractivity (Wildman–Crippen MR) is 91.6 cm³/mol. The Hall–Kier alpha value is -2.40. The summed E-state index contributed by atoms with van der Waals surface area (Å²) in [5, 5.41) is 0. The first-order chi connectivity index (χ1) is 11.6. The van der Waals surface area contributed by atoms with Crippen LogP contribution in [0.2, 0.25) is 0 Å². The van der Waals surface area contributed by atoms with Gasteiger partial charge in [0.15, 0.2) is 0 Å². The lowest BCUT2D eigenvalue weighted by molar-refractivity contribution is -0.125. The molecule has 0 spiro atoms. The number of hydrogen-bond acceptors (Lipinski definition) is 3. The van der Waals surface area contributed by atoms with E-state index in [-0.39, 0.29) is 17.8 Å². The summed E-state index contributed by atoms with van der Waals surface area (Å²) in [6.45, 7) is 3.94. The molecule has 1 atom stereocenters. The Morgan fingerprint density at radius 1 is 1.17 bits per heavy atom. The number of hydrogen-bond donors (Lipinski definition) is 0.